The number of carbonyl (C=O) groups excluding carboxylic acids is 1. The number of likely N-dealkylation sites (tertiary alicyclic amines) is 1. The SMILES string of the molecule is O=C(C1CCCCC1)N1CCC2(CC1)CC(Cc1nc(-c3cnccn3)no1)CCO2. The van der Waals surface area contributed by atoms with Gasteiger partial charge in [-0.1, -0.05) is 24.4 Å². The van der Waals surface area contributed by atoms with Crippen LogP contribution in [0.15, 0.2) is 23.1 Å². The first-order valence-corrected chi connectivity index (χ1v) is 11.7. The van der Waals surface area contributed by atoms with Crippen LogP contribution in [0.25, 0.3) is 11.5 Å². The number of piperidine rings is 1. The second kappa shape index (κ2) is 9.02. The van der Waals surface area contributed by atoms with E-state index in [-0.39, 0.29) is 11.5 Å². The normalized spacial score (nSPS) is 24.4. The number of amides is 1. The van der Waals surface area contributed by atoms with Crippen molar-refractivity contribution in [2.75, 3.05) is 19.7 Å². The summed E-state index contributed by atoms with van der Waals surface area (Å²) in [5.74, 6) is 2.21. The molecule has 0 radical (unpaired) electrons. The van der Waals surface area contributed by atoms with Gasteiger partial charge in [-0.2, -0.15) is 4.98 Å². The minimum atomic E-state index is -0.111. The van der Waals surface area contributed by atoms with E-state index in [0.29, 0.717) is 29.2 Å². The fourth-order valence-electron chi connectivity index (χ4n) is 5.50. The number of nitrogens with zero attached hydrogens (tertiary/aromatic N) is 5. The third-order valence-electron chi connectivity index (χ3n) is 7.26. The molecule has 2 saturated heterocycles. The predicted octanol–water partition coefficient (Wildman–Crippen LogP) is 3.44. The number of hydrogen-bond acceptors (Lipinski definition) is 7. The monoisotopic (exact) mass is 425 g/mol. The second-order valence-electron chi connectivity index (χ2n) is 9.36. The topological polar surface area (TPSA) is 94.2 Å². The molecule has 1 spiro atoms. The first-order chi connectivity index (χ1) is 15.2. The molecular weight excluding hydrogens is 394 g/mol. The van der Waals surface area contributed by atoms with Crippen molar-refractivity contribution in [3.8, 4) is 11.5 Å². The van der Waals surface area contributed by atoms with Gasteiger partial charge in [0.2, 0.25) is 17.6 Å². The van der Waals surface area contributed by atoms with E-state index in [1.54, 1.807) is 18.6 Å². The van der Waals surface area contributed by atoms with Gasteiger partial charge in [0.05, 0.1) is 11.8 Å². The van der Waals surface area contributed by atoms with E-state index in [2.05, 4.69) is 25.0 Å². The van der Waals surface area contributed by atoms with E-state index in [0.717, 1.165) is 64.6 Å². The van der Waals surface area contributed by atoms with Crippen molar-refractivity contribution in [3.63, 3.8) is 0 Å². The zero-order valence-corrected chi connectivity index (χ0v) is 18.0. The molecule has 31 heavy (non-hydrogen) atoms. The summed E-state index contributed by atoms with van der Waals surface area (Å²) in [5.41, 5.74) is 0.510. The number of rotatable bonds is 4. The molecule has 1 aliphatic carbocycles. The van der Waals surface area contributed by atoms with Gasteiger partial charge >= 0.3 is 0 Å². The Kier molecular flexibility index (Phi) is 5.98. The molecule has 0 N–H and O–H groups in total. The molecule has 8 heteroatoms. The maximum atomic E-state index is 12.9. The van der Waals surface area contributed by atoms with Gasteiger partial charge in [0.1, 0.15) is 5.69 Å². The Labute approximate surface area is 182 Å². The van der Waals surface area contributed by atoms with Gasteiger partial charge in [-0.15, -0.1) is 0 Å². The van der Waals surface area contributed by atoms with Crippen molar-refractivity contribution in [1.82, 2.24) is 25.0 Å². The highest BCUT2D eigenvalue weighted by atomic mass is 16.5. The molecule has 1 saturated carbocycles. The highest BCUT2D eigenvalue weighted by Crippen LogP contribution is 2.39. The van der Waals surface area contributed by atoms with Gasteiger partial charge < -0.3 is 14.2 Å². The van der Waals surface area contributed by atoms with E-state index < -0.39 is 0 Å². The zero-order valence-electron chi connectivity index (χ0n) is 18.0. The molecule has 1 unspecified atom stereocenters. The van der Waals surface area contributed by atoms with Crippen molar-refractivity contribution < 1.29 is 14.1 Å². The molecule has 1 amide bonds. The molecule has 0 bridgehead atoms. The molecule has 2 aromatic rings. The summed E-state index contributed by atoms with van der Waals surface area (Å²) < 4.78 is 11.8. The Balaban J connectivity index is 1.16. The summed E-state index contributed by atoms with van der Waals surface area (Å²) >= 11 is 0. The maximum absolute atomic E-state index is 12.9. The second-order valence-corrected chi connectivity index (χ2v) is 9.36. The van der Waals surface area contributed by atoms with Crippen LogP contribution in [0.5, 0.6) is 0 Å². The molecule has 5 rings (SSSR count). The van der Waals surface area contributed by atoms with Crippen LogP contribution in [0.3, 0.4) is 0 Å². The van der Waals surface area contributed by atoms with Gasteiger partial charge in [-0.05, 0) is 44.4 Å². The quantitative estimate of drug-likeness (QED) is 0.740. The van der Waals surface area contributed by atoms with Crippen molar-refractivity contribution in [2.24, 2.45) is 11.8 Å². The molecule has 8 nitrogen and oxygen atoms in total. The predicted molar refractivity (Wildman–Crippen MR) is 113 cm³/mol. The van der Waals surface area contributed by atoms with Crippen molar-refractivity contribution in [2.45, 2.75) is 69.8 Å². The standard InChI is InChI=1S/C23H31N5O3/c29-22(18-4-2-1-3-5-18)28-11-7-23(8-12-28)15-17(6-13-30-23)14-20-26-21(27-31-20)19-16-24-9-10-25-19/h9-10,16-18H,1-8,11-15H2. The van der Waals surface area contributed by atoms with Crippen molar-refractivity contribution in [3.05, 3.63) is 24.5 Å². The minimum absolute atomic E-state index is 0.111. The van der Waals surface area contributed by atoms with Gasteiger partial charge in [0.25, 0.3) is 0 Å². The van der Waals surface area contributed by atoms with Crippen LogP contribution in [0.1, 0.15) is 63.7 Å². The fourth-order valence-corrected chi connectivity index (χ4v) is 5.50. The number of ether oxygens (including phenoxy) is 1. The first kappa shape index (κ1) is 20.5. The molecule has 166 valence electrons. The third-order valence-corrected chi connectivity index (χ3v) is 7.26. The van der Waals surface area contributed by atoms with Crippen molar-refractivity contribution in [1.29, 1.82) is 0 Å². The number of hydrogen-bond donors (Lipinski definition) is 0. The zero-order chi connectivity index (χ0) is 21.1. The van der Waals surface area contributed by atoms with Gasteiger partial charge in [0, 0.05) is 44.4 Å². The summed E-state index contributed by atoms with van der Waals surface area (Å²) in [7, 11) is 0. The lowest BCUT2D eigenvalue weighted by molar-refractivity contribution is -0.151. The van der Waals surface area contributed by atoms with E-state index in [1.807, 2.05) is 0 Å². The fraction of sp³-hybridized carbons (Fsp3) is 0.696. The molecule has 3 aliphatic rings. The summed E-state index contributed by atoms with van der Waals surface area (Å²) in [6.07, 6.45) is 15.3. The molecule has 3 fully saturated rings. The molecule has 2 aliphatic heterocycles. The lowest BCUT2D eigenvalue weighted by Crippen LogP contribution is -2.52. The summed E-state index contributed by atoms with van der Waals surface area (Å²) in [6, 6.07) is 0. The van der Waals surface area contributed by atoms with Gasteiger partial charge in [0.15, 0.2) is 0 Å². The molecule has 1 atom stereocenters. The summed E-state index contributed by atoms with van der Waals surface area (Å²) in [5, 5.41) is 4.07. The van der Waals surface area contributed by atoms with Crippen LogP contribution in [0, 0.1) is 11.8 Å². The van der Waals surface area contributed by atoms with Crippen LogP contribution in [-0.2, 0) is 16.0 Å². The smallest absolute Gasteiger partial charge is 0.227 e. The summed E-state index contributed by atoms with van der Waals surface area (Å²) in [4.78, 5) is 27.8. The number of aromatic nitrogens is 4. The average molecular weight is 426 g/mol. The Morgan fingerprint density at radius 1 is 1.13 bits per heavy atom. The highest BCUT2D eigenvalue weighted by Gasteiger charge is 2.42. The van der Waals surface area contributed by atoms with E-state index >= 15 is 0 Å². The third kappa shape index (κ3) is 4.63. The van der Waals surface area contributed by atoms with Gasteiger partial charge in [-0.25, -0.2) is 4.98 Å². The summed E-state index contributed by atoms with van der Waals surface area (Å²) in [6.45, 7) is 2.39. The van der Waals surface area contributed by atoms with E-state index in [4.69, 9.17) is 9.26 Å². The van der Waals surface area contributed by atoms with Gasteiger partial charge in [-0.3, -0.25) is 9.78 Å². The first-order valence-electron chi connectivity index (χ1n) is 11.7. The van der Waals surface area contributed by atoms with Crippen LogP contribution in [0.2, 0.25) is 0 Å². The van der Waals surface area contributed by atoms with E-state index in [9.17, 15) is 4.79 Å². The Hall–Kier alpha value is -2.35. The highest BCUT2D eigenvalue weighted by molar-refractivity contribution is 5.79. The molecule has 0 aromatic carbocycles. The Morgan fingerprint density at radius 2 is 1.97 bits per heavy atom. The van der Waals surface area contributed by atoms with Crippen molar-refractivity contribution >= 4 is 5.91 Å². The van der Waals surface area contributed by atoms with Crippen LogP contribution in [0.4, 0.5) is 0 Å². The lowest BCUT2D eigenvalue weighted by Gasteiger charge is -2.46. The number of carbonyl (C=O) groups is 1. The Morgan fingerprint density at radius 3 is 2.74 bits per heavy atom. The lowest BCUT2D eigenvalue weighted by atomic mass is 9.78. The molecular formula is C23H31N5O3. The van der Waals surface area contributed by atoms with E-state index in [1.165, 1.54) is 19.3 Å². The average Bonchev–Trinajstić information content (AvgIpc) is 3.29. The molecule has 2 aromatic heterocycles. The maximum Gasteiger partial charge on any atom is 0.227 e. The largest absolute Gasteiger partial charge is 0.375 e. The molecule has 4 heterocycles. The van der Waals surface area contributed by atoms with Crippen LogP contribution in [-0.4, -0.2) is 56.2 Å². The van der Waals surface area contributed by atoms with Crippen LogP contribution >= 0.6 is 0 Å². The minimum Gasteiger partial charge on any atom is -0.375 e. The van der Waals surface area contributed by atoms with Crippen LogP contribution < -0.4 is 0 Å². The Bertz CT molecular complexity index is 872.